The molecule has 7 heteroatoms. The maximum Gasteiger partial charge on any atom is 0.340 e. The van der Waals surface area contributed by atoms with Gasteiger partial charge in [-0.1, -0.05) is 41.7 Å². The largest absolute Gasteiger partial charge is 0.447 e. The van der Waals surface area contributed by atoms with E-state index in [0.29, 0.717) is 21.6 Å². The van der Waals surface area contributed by atoms with E-state index in [0.717, 1.165) is 36.6 Å². The van der Waals surface area contributed by atoms with Crippen molar-refractivity contribution < 1.29 is 9.53 Å². The lowest BCUT2D eigenvalue weighted by Gasteiger charge is -2.25. The molecule has 0 unspecified atom stereocenters. The third-order valence-corrected chi connectivity index (χ3v) is 5.67. The lowest BCUT2D eigenvalue weighted by Crippen LogP contribution is -2.29. The van der Waals surface area contributed by atoms with Gasteiger partial charge in [-0.25, -0.2) is 9.78 Å². The molecular weight excluding hydrogens is 360 g/mol. The molecular formula is C20H18N4O2S. The Morgan fingerprint density at radius 3 is 2.70 bits per heavy atom. The molecule has 0 atom stereocenters. The molecule has 0 spiro atoms. The van der Waals surface area contributed by atoms with Gasteiger partial charge < -0.3 is 9.64 Å². The summed E-state index contributed by atoms with van der Waals surface area (Å²) in [6.07, 6.45) is 3.54. The maximum absolute atomic E-state index is 12.6. The zero-order valence-electron chi connectivity index (χ0n) is 14.7. The highest BCUT2D eigenvalue weighted by Gasteiger charge is 2.22. The van der Waals surface area contributed by atoms with Gasteiger partial charge in [0.25, 0.3) is 0 Å². The quantitative estimate of drug-likeness (QED) is 0.638. The Labute approximate surface area is 161 Å². The van der Waals surface area contributed by atoms with Crippen molar-refractivity contribution >= 4 is 32.8 Å². The van der Waals surface area contributed by atoms with Crippen molar-refractivity contribution in [3.8, 4) is 17.3 Å². The number of aromatic nitrogens is 2. The Balaban J connectivity index is 1.81. The van der Waals surface area contributed by atoms with Crippen LogP contribution in [0.1, 0.15) is 29.6 Å². The molecule has 3 aromatic rings. The summed E-state index contributed by atoms with van der Waals surface area (Å²) in [7, 11) is 0. The van der Waals surface area contributed by atoms with Crippen LogP contribution in [0.15, 0.2) is 36.4 Å². The Morgan fingerprint density at radius 1 is 1.19 bits per heavy atom. The Morgan fingerprint density at radius 2 is 1.96 bits per heavy atom. The number of piperidine rings is 1. The standard InChI is InChI=1S/C20H18N4O2S/c21-9-12-26-19(25)15-13-16(14-7-3-1-4-8-14)22-18-17(15)27-20(23-18)24-10-5-2-6-11-24/h1,3-4,7-8,13H,2,5-6,10-12H2. The maximum atomic E-state index is 12.6. The van der Waals surface area contributed by atoms with Crippen molar-refractivity contribution in [3.05, 3.63) is 42.0 Å². The number of anilines is 1. The van der Waals surface area contributed by atoms with Crippen molar-refractivity contribution in [3.63, 3.8) is 0 Å². The van der Waals surface area contributed by atoms with Crippen molar-refractivity contribution in [2.24, 2.45) is 0 Å². The number of benzene rings is 1. The minimum atomic E-state index is -0.519. The molecule has 0 saturated carbocycles. The van der Waals surface area contributed by atoms with E-state index >= 15 is 0 Å². The number of hydrogen-bond acceptors (Lipinski definition) is 7. The number of nitriles is 1. The molecule has 0 N–H and O–H groups in total. The van der Waals surface area contributed by atoms with Crippen LogP contribution in [0.5, 0.6) is 0 Å². The van der Waals surface area contributed by atoms with Crippen LogP contribution in [0.4, 0.5) is 5.13 Å². The average Bonchev–Trinajstić information content (AvgIpc) is 3.17. The second-order valence-corrected chi connectivity index (χ2v) is 7.33. The summed E-state index contributed by atoms with van der Waals surface area (Å²) in [5.41, 5.74) is 2.53. The number of thiazole rings is 1. The van der Waals surface area contributed by atoms with Crippen molar-refractivity contribution in [2.45, 2.75) is 19.3 Å². The highest BCUT2D eigenvalue weighted by atomic mass is 32.1. The van der Waals surface area contributed by atoms with Crippen LogP contribution in [0.2, 0.25) is 0 Å². The number of carbonyl (C=O) groups excluding carboxylic acids is 1. The summed E-state index contributed by atoms with van der Waals surface area (Å²) < 4.78 is 5.78. The topological polar surface area (TPSA) is 79.1 Å². The Bertz CT molecular complexity index is 1000. The summed E-state index contributed by atoms with van der Waals surface area (Å²) in [4.78, 5) is 24.2. The first-order valence-corrected chi connectivity index (χ1v) is 9.74. The van der Waals surface area contributed by atoms with Crippen LogP contribution in [0.25, 0.3) is 21.6 Å². The van der Waals surface area contributed by atoms with E-state index in [9.17, 15) is 4.79 Å². The highest BCUT2D eigenvalue weighted by molar-refractivity contribution is 7.22. The van der Waals surface area contributed by atoms with E-state index in [1.807, 2.05) is 36.4 Å². The number of hydrogen-bond donors (Lipinski definition) is 0. The van der Waals surface area contributed by atoms with Gasteiger partial charge in [-0.3, -0.25) is 0 Å². The molecule has 2 aromatic heterocycles. The normalized spacial score (nSPS) is 14.1. The van der Waals surface area contributed by atoms with Crippen molar-refractivity contribution in [1.29, 1.82) is 5.26 Å². The van der Waals surface area contributed by atoms with E-state index in [1.165, 1.54) is 17.8 Å². The van der Waals surface area contributed by atoms with Gasteiger partial charge in [-0.15, -0.1) is 0 Å². The fourth-order valence-electron chi connectivity index (χ4n) is 3.21. The lowest BCUT2D eigenvalue weighted by molar-refractivity contribution is 0.0557. The molecule has 4 rings (SSSR count). The monoisotopic (exact) mass is 378 g/mol. The minimum Gasteiger partial charge on any atom is -0.447 e. The molecule has 0 amide bonds. The van der Waals surface area contributed by atoms with Crippen LogP contribution in [-0.4, -0.2) is 35.6 Å². The van der Waals surface area contributed by atoms with Gasteiger partial charge in [0.05, 0.1) is 16.0 Å². The van der Waals surface area contributed by atoms with E-state index < -0.39 is 5.97 Å². The highest BCUT2D eigenvalue weighted by Crippen LogP contribution is 2.34. The summed E-state index contributed by atoms with van der Waals surface area (Å²) in [5, 5.41) is 9.61. The summed E-state index contributed by atoms with van der Waals surface area (Å²) in [6, 6.07) is 13.2. The molecule has 0 bridgehead atoms. The van der Waals surface area contributed by atoms with Gasteiger partial charge in [0, 0.05) is 18.7 Å². The van der Waals surface area contributed by atoms with E-state index in [-0.39, 0.29) is 6.61 Å². The second-order valence-electron chi connectivity index (χ2n) is 6.35. The molecule has 136 valence electrons. The van der Waals surface area contributed by atoms with E-state index in [4.69, 9.17) is 15.0 Å². The summed E-state index contributed by atoms with van der Waals surface area (Å²) in [5.74, 6) is -0.519. The van der Waals surface area contributed by atoms with Crippen LogP contribution < -0.4 is 4.90 Å². The number of rotatable bonds is 4. The first kappa shape index (κ1) is 17.4. The van der Waals surface area contributed by atoms with Crippen molar-refractivity contribution in [1.82, 2.24) is 9.97 Å². The van der Waals surface area contributed by atoms with E-state index in [2.05, 4.69) is 9.88 Å². The third-order valence-electron chi connectivity index (χ3n) is 4.53. The lowest BCUT2D eigenvalue weighted by atomic mass is 10.1. The molecule has 1 aliphatic rings. The van der Waals surface area contributed by atoms with Crippen molar-refractivity contribution in [2.75, 3.05) is 24.6 Å². The number of fused-ring (bicyclic) bond motifs is 1. The average molecular weight is 378 g/mol. The molecule has 27 heavy (non-hydrogen) atoms. The number of pyridine rings is 1. The van der Waals surface area contributed by atoms with Gasteiger partial charge >= 0.3 is 5.97 Å². The SMILES string of the molecule is N#CCOC(=O)c1cc(-c2ccccc2)nc2nc(N3CCCCC3)sc12. The first-order valence-electron chi connectivity index (χ1n) is 8.92. The predicted molar refractivity (Wildman–Crippen MR) is 105 cm³/mol. The molecule has 1 saturated heterocycles. The number of carbonyl (C=O) groups is 1. The molecule has 0 aliphatic carbocycles. The number of nitrogens with zero attached hydrogens (tertiary/aromatic N) is 4. The Kier molecular flexibility index (Phi) is 4.99. The smallest absolute Gasteiger partial charge is 0.340 e. The molecule has 6 nitrogen and oxygen atoms in total. The fourth-order valence-corrected chi connectivity index (χ4v) is 4.27. The fraction of sp³-hybridized carbons (Fsp3) is 0.300. The molecule has 1 aromatic carbocycles. The van der Waals surface area contributed by atoms with Crippen LogP contribution >= 0.6 is 11.3 Å². The molecule has 0 radical (unpaired) electrons. The minimum absolute atomic E-state index is 0.277. The van der Waals surface area contributed by atoms with E-state index in [1.54, 1.807) is 6.07 Å². The van der Waals surface area contributed by atoms with Gasteiger partial charge in [-0.2, -0.15) is 10.2 Å². The zero-order valence-corrected chi connectivity index (χ0v) is 15.5. The molecule has 1 fully saturated rings. The Hall–Kier alpha value is -2.98. The van der Waals surface area contributed by atoms with Crippen LogP contribution in [-0.2, 0) is 4.74 Å². The molecule has 3 heterocycles. The predicted octanol–water partition coefficient (Wildman–Crippen LogP) is 4.03. The second kappa shape index (κ2) is 7.72. The summed E-state index contributed by atoms with van der Waals surface area (Å²) in [6.45, 7) is 1.67. The number of ether oxygens (including phenoxy) is 1. The van der Waals surface area contributed by atoms with Gasteiger partial charge in [0.1, 0.15) is 6.07 Å². The van der Waals surface area contributed by atoms with Gasteiger partial charge in [-0.05, 0) is 25.3 Å². The zero-order chi connectivity index (χ0) is 18.6. The van der Waals surface area contributed by atoms with Crippen LogP contribution in [0, 0.1) is 11.3 Å². The van der Waals surface area contributed by atoms with Crippen LogP contribution in [0.3, 0.4) is 0 Å². The third kappa shape index (κ3) is 3.62. The molecule has 1 aliphatic heterocycles. The van der Waals surface area contributed by atoms with Gasteiger partial charge in [0.2, 0.25) is 0 Å². The van der Waals surface area contributed by atoms with Gasteiger partial charge in [0.15, 0.2) is 17.4 Å². The first-order chi connectivity index (χ1) is 13.3. The number of esters is 1. The summed E-state index contributed by atoms with van der Waals surface area (Å²) >= 11 is 1.46.